The van der Waals surface area contributed by atoms with Crippen molar-refractivity contribution in [2.24, 2.45) is 0 Å². The van der Waals surface area contributed by atoms with Gasteiger partial charge in [0.1, 0.15) is 0 Å². The third-order valence-electron chi connectivity index (χ3n) is 1.97. The number of pyridine rings is 1. The number of nitrogens with one attached hydrogen (secondary N) is 1. The molecule has 0 aromatic carbocycles. The molecule has 0 saturated heterocycles. The second-order valence-electron chi connectivity index (χ2n) is 3.08. The summed E-state index contributed by atoms with van der Waals surface area (Å²) < 4.78 is 4.92. The minimum atomic E-state index is -0.486. The molecule has 17 heavy (non-hydrogen) atoms. The minimum absolute atomic E-state index is 0.0738. The predicted molar refractivity (Wildman–Crippen MR) is 64.0 cm³/mol. The van der Waals surface area contributed by atoms with Gasteiger partial charge in [-0.25, -0.2) is 0 Å². The predicted octanol–water partition coefficient (Wildman–Crippen LogP) is 1.82. The van der Waals surface area contributed by atoms with E-state index in [1.165, 1.54) is 19.2 Å². The summed E-state index contributed by atoms with van der Waals surface area (Å²) in [5.41, 5.74) is -0.0738. The van der Waals surface area contributed by atoms with E-state index in [0.29, 0.717) is 18.8 Å². The number of nitro groups is 1. The summed E-state index contributed by atoms with van der Waals surface area (Å²) in [5.74, 6) is 6.13. The van der Waals surface area contributed by atoms with E-state index in [-0.39, 0.29) is 11.5 Å². The van der Waals surface area contributed by atoms with Gasteiger partial charge in [0.2, 0.25) is 11.7 Å². The molecular formula is C11H13N3O3. The normalized spacial score (nSPS) is 9.06. The van der Waals surface area contributed by atoms with Gasteiger partial charge >= 0.3 is 5.69 Å². The summed E-state index contributed by atoms with van der Waals surface area (Å²) in [6.07, 6.45) is 0.604. The van der Waals surface area contributed by atoms with Crippen LogP contribution in [0.1, 0.15) is 13.3 Å². The summed E-state index contributed by atoms with van der Waals surface area (Å²) in [6.45, 7) is 2.24. The van der Waals surface area contributed by atoms with Gasteiger partial charge < -0.3 is 10.1 Å². The Bertz CT molecular complexity index is 463. The van der Waals surface area contributed by atoms with Crippen molar-refractivity contribution in [2.45, 2.75) is 13.3 Å². The Morgan fingerprint density at radius 3 is 2.94 bits per heavy atom. The summed E-state index contributed by atoms with van der Waals surface area (Å²) in [4.78, 5) is 14.3. The average molecular weight is 235 g/mol. The molecule has 0 fully saturated rings. The molecule has 6 heteroatoms. The molecule has 0 atom stereocenters. The number of rotatable bonds is 5. The summed E-state index contributed by atoms with van der Waals surface area (Å²) in [5, 5.41) is 13.6. The smallest absolute Gasteiger partial charge is 0.311 e. The van der Waals surface area contributed by atoms with Gasteiger partial charge in [0.05, 0.1) is 12.0 Å². The Morgan fingerprint density at radius 1 is 1.59 bits per heavy atom. The van der Waals surface area contributed by atoms with Gasteiger partial charge in [-0.3, -0.25) is 10.1 Å². The van der Waals surface area contributed by atoms with E-state index in [1.807, 2.05) is 0 Å². The maximum atomic E-state index is 10.8. The first-order valence-corrected chi connectivity index (χ1v) is 5.02. The molecule has 0 aliphatic rings. The van der Waals surface area contributed by atoms with Crippen LogP contribution in [-0.4, -0.2) is 23.6 Å². The van der Waals surface area contributed by atoms with Crippen molar-refractivity contribution in [2.75, 3.05) is 19.0 Å². The molecule has 1 heterocycles. The number of hydrogen-bond donors (Lipinski definition) is 1. The topological polar surface area (TPSA) is 77.3 Å². The Kier molecular flexibility index (Phi) is 4.76. The van der Waals surface area contributed by atoms with Gasteiger partial charge in [-0.05, 0) is 6.92 Å². The molecule has 1 aromatic heterocycles. The SMILES string of the molecule is CC#CCCNc1nc(OC)ccc1[N+](=O)[O-]. The van der Waals surface area contributed by atoms with Gasteiger partial charge in [-0.15, -0.1) is 11.8 Å². The highest BCUT2D eigenvalue weighted by Crippen LogP contribution is 2.24. The third-order valence-corrected chi connectivity index (χ3v) is 1.97. The van der Waals surface area contributed by atoms with Crippen LogP contribution in [0.2, 0.25) is 0 Å². The van der Waals surface area contributed by atoms with Gasteiger partial charge in [-0.2, -0.15) is 4.98 Å². The van der Waals surface area contributed by atoms with Crippen LogP contribution in [0.15, 0.2) is 12.1 Å². The zero-order valence-electron chi connectivity index (χ0n) is 9.69. The Morgan fingerprint density at radius 2 is 2.35 bits per heavy atom. The third kappa shape index (κ3) is 3.65. The molecule has 0 bridgehead atoms. The minimum Gasteiger partial charge on any atom is -0.481 e. The Labute approximate surface area is 99.2 Å². The van der Waals surface area contributed by atoms with Gasteiger partial charge in [0, 0.05) is 25.1 Å². The van der Waals surface area contributed by atoms with Crippen molar-refractivity contribution in [3.63, 3.8) is 0 Å². The summed E-state index contributed by atoms with van der Waals surface area (Å²) in [6, 6.07) is 2.81. The van der Waals surface area contributed by atoms with Crippen molar-refractivity contribution < 1.29 is 9.66 Å². The maximum Gasteiger partial charge on any atom is 0.311 e. The first-order valence-electron chi connectivity index (χ1n) is 5.02. The lowest BCUT2D eigenvalue weighted by Gasteiger charge is -2.05. The zero-order chi connectivity index (χ0) is 12.7. The van der Waals surface area contributed by atoms with Gasteiger partial charge in [0.15, 0.2) is 0 Å². The number of nitrogens with zero attached hydrogens (tertiary/aromatic N) is 2. The molecule has 1 N–H and O–H groups in total. The van der Waals surface area contributed by atoms with Crippen LogP contribution >= 0.6 is 0 Å². The quantitative estimate of drug-likeness (QED) is 0.364. The van der Waals surface area contributed by atoms with E-state index in [2.05, 4.69) is 22.1 Å². The van der Waals surface area contributed by atoms with Crippen molar-refractivity contribution in [1.29, 1.82) is 0 Å². The molecule has 0 radical (unpaired) electrons. The highest BCUT2D eigenvalue weighted by atomic mass is 16.6. The molecular weight excluding hydrogens is 222 g/mol. The number of methoxy groups -OCH3 is 1. The van der Waals surface area contributed by atoms with E-state index >= 15 is 0 Å². The largest absolute Gasteiger partial charge is 0.481 e. The molecule has 0 unspecified atom stereocenters. The lowest BCUT2D eigenvalue weighted by atomic mass is 10.3. The maximum absolute atomic E-state index is 10.8. The molecule has 6 nitrogen and oxygen atoms in total. The van der Waals surface area contributed by atoms with Gasteiger partial charge in [0.25, 0.3) is 0 Å². The van der Waals surface area contributed by atoms with Crippen LogP contribution in [0.4, 0.5) is 11.5 Å². The molecule has 1 rings (SSSR count). The summed E-state index contributed by atoms with van der Waals surface area (Å²) >= 11 is 0. The lowest BCUT2D eigenvalue weighted by Crippen LogP contribution is -2.06. The monoisotopic (exact) mass is 235 g/mol. The van der Waals surface area contributed by atoms with Crippen LogP contribution < -0.4 is 10.1 Å². The standard InChI is InChI=1S/C11H13N3O3/c1-3-4-5-8-12-11-9(14(15)16)6-7-10(13-11)17-2/h6-7H,5,8H2,1-2H3,(H,12,13). The number of ether oxygens (including phenoxy) is 1. The van der Waals surface area contributed by atoms with E-state index in [1.54, 1.807) is 6.92 Å². The van der Waals surface area contributed by atoms with Crippen LogP contribution in [0, 0.1) is 22.0 Å². The van der Waals surface area contributed by atoms with E-state index in [0.717, 1.165) is 0 Å². The molecule has 0 amide bonds. The average Bonchev–Trinajstić information content (AvgIpc) is 2.34. The highest BCUT2D eigenvalue weighted by molar-refractivity contribution is 5.57. The second kappa shape index (κ2) is 6.33. The van der Waals surface area contributed by atoms with E-state index < -0.39 is 4.92 Å². The fourth-order valence-electron chi connectivity index (χ4n) is 1.19. The Hall–Kier alpha value is -2.29. The lowest BCUT2D eigenvalue weighted by molar-refractivity contribution is -0.384. The molecule has 0 aliphatic carbocycles. The fourth-order valence-corrected chi connectivity index (χ4v) is 1.19. The van der Waals surface area contributed by atoms with Crippen LogP contribution in [0.25, 0.3) is 0 Å². The first kappa shape index (κ1) is 12.8. The van der Waals surface area contributed by atoms with E-state index in [9.17, 15) is 10.1 Å². The van der Waals surface area contributed by atoms with Crippen LogP contribution in [0.5, 0.6) is 5.88 Å². The number of anilines is 1. The van der Waals surface area contributed by atoms with Crippen LogP contribution in [-0.2, 0) is 0 Å². The molecule has 0 aliphatic heterocycles. The van der Waals surface area contributed by atoms with Crippen molar-refractivity contribution in [1.82, 2.24) is 4.98 Å². The summed E-state index contributed by atoms with van der Waals surface area (Å²) in [7, 11) is 1.46. The molecule has 1 aromatic rings. The molecule has 0 spiro atoms. The van der Waals surface area contributed by atoms with Crippen LogP contribution in [0.3, 0.4) is 0 Å². The van der Waals surface area contributed by atoms with Gasteiger partial charge in [-0.1, -0.05) is 0 Å². The number of hydrogen-bond acceptors (Lipinski definition) is 5. The number of aromatic nitrogens is 1. The molecule has 0 saturated carbocycles. The van der Waals surface area contributed by atoms with Crippen molar-refractivity contribution in [3.8, 4) is 17.7 Å². The zero-order valence-corrected chi connectivity index (χ0v) is 9.69. The second-order valence-corrected chi connectivity index (χ2v) is 3.08. The fraction of sp³-hybridized carbons (Fsp3) is 0.364. The highest BCUT2D eigenvalue weighted by Gasteiger charge is 2.15. The Balaban J connectivity index is 2.84. The molecule has 90 valence electrons. The van der Waals surface area contributed by atoms with E-state index in [4.69, 9.17) is 4.74 Å². The van der Waals surface area contributed by atoms with Crippen molar-refractivity contribution in [3.05, 3.63) is 22.2 Å². The first-order chi connectivity index (χ1) is 8.19. The van der Waals surface area contributed by atoms with Crippen molar-refractivity contribution >= 4 is 11.5 Å².